The highest BCUT2D eigenvalue weighted by molar-refractivity contribution is 7.89. The van der Waals surface area contributed by atoms with Crippen molar-refractivity contribution >= 4 is 37.5 Å². The molecule has 0 spiro atoms. The summed E-state index contributed by atoms with van der Waals surface area (Å²) in [7, 11) is -3.79. The number of piperidine rings is 1. The summed E-state index contributed by atoms with van der Waals surface area (Å²) in [6.45, 7) is 6.83. The summed E-state index contributed by atoms with van der Waals surface area (Å²) in [5, 5.41) is 3.18. The van der Waals surface area contributed by atoms with Crippen LogP contribution in [-0.2, 0) is 21.4 Å². The minimum atomic E-state index is -3.79. The van der Waals surface area contributed by atoms with Gasteiger partial charge in [0.15, 0.2) is 0 Å². The Morgan fingerprint density at radius 1 is 1.19 bits per heavy atom. The van der Waals surface area contributed by atoms with Crippen molar-refractivity contribution in [3.05, 3.63) is 21.6 Å². The van der Waals surface area contributed by atoms with Crippen LogP contribution in [0.3, 0.4) is 0 Å². The van der Waals surface area contributed by atoms with Crippen LogP contribution >= 0.6 is 11.3 Å². The Kier molecular flexibility index (Phi) is 6.74. The van der Waals surface area contributed by atoms with Crippen molar-refractivity contribution in [2.45, 2.75) is 76.8 Å². The normalized spacial score (nSPS) is 25.2. The Hall–Kier alpha value is -1.78. The van der Waals surface area contributed by atoms with Gasteiger partial charge in [-0.2, -0.15) is 4.31 Å². The van der Waals surface area contributed by atoms with Crippen LogP contribution in [0.4, 0.5) is 0 Å². The van der Waals surface area contributed by atoms with E-state index in [0.29, 0.717) is 34.6 Å². The third kappa shape index (κ3) is 4.36. The van der Waals surface area contributed by atoms with E-state index in [9.17, 15) is 18.0 Å². The van der Waals surface area contributed by atoms with Crippen molar-refractivity contribution in [2.75, 3.05) is 13.1 Å². The van der Waals surface area contributed by atoms with Crippen LogP contribution < -0.4 is 10.9 Å². The molecule has 1 aliphatic carbocycles. The third-order valence-electron chi connectivity index (χ3n) is 7.08. The van der Waals surface area contributed by atoms with Crippen LogP contribution in [0.15, 0.2) is 16.0 Å². The summed E-state index contributed by atoms with van der Waals surface area (Å²) in [4.78, 5) is 31.4. The maximum Gasteiger partial charge on any atom is 0.263 e. The Morgan fingerprint density at radius 2 is 1.91 bits per heavy atom. The van der Waals surface area contributed by atoms with E-state index in [4.69, 9.17) is 0 Å². The van der Waals surface area contributed by atoms with Crippen molar-refractivity contribution in [3.8, 4) is 0 Å². The highest BCUT2D eigenvalue weighted by Gasteiger charge is 2.33. The standard InChI is InChI=1S/C22H32N4O4S2/c1-14-8-7-9-17(15(14)2)24-18(27)12-25-13-23-21-19(22(25)28)20(16(3)31-21)32(29,30)26-10-5-4-6-11-26/h13-15,17H,4-12H2,1-3H3,(H,24,27). The summed E-state index contributed by atoms with van der Waals surface area (Å²) in [6, 6.07) is 0.0945. The molecule has 2 aromatic heterocycles. The maximum absolute atomic E-state index is 13.4. The van der Waals surface area contributed by atoms with E-state index >= 15 is 0 Å². The quantitative estimate of drug-likeness (QED) is 0.709. The zero-order chi connectivity index (χ0) is 23.0. The number of aryl methyl sites for hydroxylation is 1. The molecule has 2 aromatic rings. The molecule has 0 radical (unpaired) electrons. The van der Waals surface area contributed by atoms with Crippen molar-refractivity contribution < 1.29 is 13.2 Å². The first-order valence-corrected chi connectivity index (χ1v) is 13.7. The largest absolute Gasteiger partial charge is 0.352 e. The highest BCUT2D eigenvalue weighted by Crippen LogP contribution is 2.34. The minimum absolute atomic E-state index is 0.0568. The first-order chi connectivity index (χ1) is 15.2. The van der Waals surface area contributed by atoms with Gasteiger partial charge in [-0.25, -0.2) is 13.4 Å². The number of sulfonamides is 1. The monoisotopic (exact) mass is 480 g/mol. The lowest BCUT2D eigenvalue weighted by Gasteiger charge is -2.34. The van der Waals surface area contributed by atoms with Crippen molar-refractivity contribution in [1.82, 2.24) is 19.2 Å². The van der Waals surface area contributed by atoms with E-state index in [-0.39, 0.29) is 28.8 Å². The predicted molar refractivity (Wildman–Crippen MR) is 125 cm³/mol. The fourth-order valence-corrected chi connectivity index (χ4v) is 8.15. The van der Waals surface area contributed by atoms with Gasteiger partial charge in [-0.3, -0.25) is 14.2 Å². The number of aromatic nitrogens is 2. The molecule has 2 aliphatic rings. The Morgan fingerprint density at radius 3 is 2.62 bits per heavy atom. The molecule has 8 nitrogen and oxygen atoms in total. The molecule has 176 valence electrons. The van der Waals surface area contributed by atoms with Gasteiger partial charge in [0.05, 0.1) is 11.7 Å². The number of nitrogens with one attached hydrogen (secondary N) is 1. The molecule has 3 atom stereocenters. The van der Waals surface area contributed by atoms with Gasteiger partial charge in [0.1, 0.15) is 16.3 Å². The molecular weight excluding hydrogens is 448 g/mol. The molecule has 3 heterocycles. The average Bonchev–Trinajstić information content (AvgIpc) is 3.11. The fraction of sp³-hybridized carbons (Fsp3) is 0.682. The second kappa shape index (κ2) is 9.23. The molecule has 1 saturated carbocycles. The molecular formula is C22H32N4O4S2. The molecule has 32 heavy (non-hydrogen) atoms. The average molecular weight is 481 g/mol. The molecule has 3 unspecified atom stereocenters. The maximum atomic E-state index is 13.4. The van der Waals surface area contributed by atoms with Crippen LogP contribution in [-0.4, -0.2) is 47.3 Å². The molecule has 1 saturated heterocycles. The van der Waals surface area contributed by atoms with Gasteiger partial charge in [-0.05, 0) is 38.0 Å². The number of carbonyl (C=O) groups excluding carboxylic acids is 1. The van der Waals surface area contributed by atoms with Crippen LogP contribution in [0.2, 0.25) is 0 Å². The molecule has 2 fully saturated rings. The molecule has 0 aromatic carbocycles. The van der Waals surface area contributed by atoms with Crippen LogP contribution in [0.1, 0.15) is 57.2 Å². The number of amides is 1. The summed E-state index contributed by atoms with van der Waals surface area (Å²) < 4.78 is 29.5. The van der Waals surface area contributed by atoms with Gasteiger partial charge >= 0.3 is 0 Å². The Bertz CT molecular complexity index is 1160. The van der Waals surface area contributed by atoms with Gasteiger partial charge < -0.3 is 5.32 Å². The molecule has 1 aliphatic heterocycles. The van der Waals surface area contributed by atoms with E-state index in [2.05, 4.69) is 24.1 Å². The van der Waals surface area contributed by atoms with E-state index in [0.717, 1.165) is 32.1 Å². The minimum Gasteiger partial charge on any atom is -0.352 e. The number of thiophene rings is 1. The number of hydrogen-bond donors (Lipinski definition) is 1. The summed E-state index contributed by atoms with van der Waals surface area (Å²) in [6.07, 6.45) is 7.19. The highest BCUT2D eigenvalue weighted by atomic mass is 32.2. The summed E-state index contributed by atoms with van der Waals surface area (Å²) in [5.74, 6) is 0.684. The van der Waals surface area contributed by atoms with E-state index in [1.165, 1.54) is 33.0 Å². The van der Waals surface area contributed by atoms with Gasteiger partial charge in [-0.15, -0.1) is 11.3 Å². The van der Waals surface area contributed by atoms with Crippen molar-refractivity contribution in [1.29, 1.82) is 0 Å². The van der Waals surface area contributed by atoms with Gasteiger partial charge in [0, 0.05) is 24.0 Å². The molecule has 4 rings (SSSR count). The molecule has 0 bridgehead atoms. The van der Waals surface area contributed by atoms with Gasteiger partial charge in [-0.1, -0.05) is 33.1 Å². The van der Waals surface area contributed by atoms with Crippen LogP contribution in [0.5, 0.6) is 0 Å². The lowest BCUT2D eigenvalue weighted by atomic mass is 9.78. The lowest BCUT2D eigenvalue weighted by Crippen LogP contribution is -2.45. The number of nitrogens with zero attached hydrogens (tertiary/aromatic N) is 3. The van der Waals surface area contributed by atoms with Crippen molar-refractivity contribution in [3.63, 3.8) is 0 Å². The van der Waals surface area contributed by atoms with E-state index < -0.39 is 15.6 Å². The number of rotatable bonds is 5. The lowest BCUT2D eigenvalue weighted by molar-refractivity contribution is -0.123. The number of carbonyl (C=O) groups is 1. The second-order valence-electron chi connectivity index (χ2n) is 9.25. The zero-order valence-electron chi connectivity index (χ0n) is 19.0. The first-order valence-electron chi connectivity index (χ1n) is 11.5. The van der Waals surface area contributed by atoms with Crippen LogP contribution in [0.25, 0.3) is 10.2 Å². The summed E-state index contributed by atoms with van der Waals surface area (Å²) in [5.41, 5.74) is -0.477. The smallest absolute Gasteiger partial charge is 0.263 e. The number of fused-ring (bicyclic) bond motifs is 1. The summed E-state index contributed by atoms with van der Waals surface area (Å²) >= 11 is 1.21. The van der Waals surface area contributed by atoms with Gasteiger partial charge in [0.25, 0.3) is 5.56 Å². The van der Waals surface area contributed by atoms with Crippen molar-refractivity contribution in [2.24, 2.45) is 11.8 Å². The third-order valence-corrected chi connectivity index (χ3v) is 10.3. The zero-order valence-corrected chi connectivity index (χ0v) is 20.6. The topological polar surface area (TPSA) is 101 Å². The fourth-order valence-electron chi connectivity index (χ4n) is 4.96. The SMILES string of the molecule is Cc1sc2ncn(CC(=O)NC3CCCC(C)C3C)c(=O)c2c1S(=O)(=O)N1CCCCC1. The van der Waals surface area contributed by atoms with Crippen LogP contribution in [0, 0.1) is 18.8 Å². The van der Waals surface area contributed by atoms with Gasteiger partial charge in [0.2, 0.25) is 15.9 Å². The number of hydrogen-bond acceptors (Lipinski definition) is 6. The van der Waals surface area contributed by atoms with E-state index in [1.807, 2.05) is 0 Å². The van der Waals surface area contributed by atoms with E-state index in [1.54, 1.807) is 6.92 Å². The predicted octanol–water partition coefficient (Wildman–Crippen LogP) is 2.88. The molecule has 1 N–H and O–H groups in total. The first kappa shape index (κ1) is 23.4. The Labute approximate surface area is 193 Å². The molecule has 1 amide bonds. The second-order valence-corrected chi connectivity index (χ2v) is 12.3. The molecule has 10 heteroatoms. The Balaban J connectivity index is 1.63.